The van der Waals surface area contributed by atoms with Gasteiger partial charge in [0.15, 0.2) is 17.0 Å². The van der Waals surface area contributed by atoms with Crippen molar-refractivity contribution in [3.63, 3.8) is 0 Å². The summed E-state index contributed by atoms with van der Waals surface area (Å²) < 4.78 is 10.6. The minimum atomic E-state index is -0.903. The van der Waals surface area contributed by atoms with Crippen molar-refractivity contribution in [2.24, 2.45) is 0 Å². The Morgan fingerprint density at radius 2 is 1.50 bits per heavy atom. The number of carbonyl (C=O) groups excluding carboxylic acids is 2. The highest BCUT2D eigenvalue weighted by Gasteiger charge is 2.35. The SMILES string of the molecule is CC(C)(C)OC(=O)N(C(=O)OC(C)(C)C)c1ncnc2[nH]cnc12. The monoisotopic (exact) mass is 335 g/mol. The highest BCUT2D eigenvalue weighted by molar-refractivity contribution is 6.12. The predicted octanol–water partition coefficient (Wildman–Crippen LogP) is 3.03. The van der Waals surface area contributed by atoms with Gasteiger partial charge in [-0.25, -0.2) is 24.5 Å². The largest absolute Gasteiger partial charge is 0.443 e. The number of hydrogen-bond donors (Lipinski definition) is 1. The lowest BCUT2D eigenvalue weighted by Crippen LogP contribution is -2.44. The van der Waals surface area contributed by atoms with Crippen LogP contribution in [0.1, 0.15) is 41.5 Å². The van der Waals surface area contributed by atoms with Gasteiger partial charge in [0.05, 0.1) is 6.33 Å². The van der Waals surface area contributed by atoms with E-state index in [1.807, 2.05) is 0 Å². The number of anilines is 1. The number of nitrogens with zero attached hydrogens (tertiary/aromatic N) is 4. The molecule has 9 heteroatoms. The molecular formula is C15H21N5O4. The minimum absolute atomic E-state index is 0.00949. The smallest absolute Gasteiger partial charge is 0.425 e. The molecule has 0 aliphatic heterocycles. The number of H-pyrrole nitrogens is 1. The van der Waals surface area contributed by atoms with Crippen LogP contribution in [0.2, 0.25) is 0 Å². The Morgan fingerprint density at radius 1 is 0.958 bits per heavy atom. The molecular weight excluding hydrogens is 314 g/mol. The van der Waals surface area contributed by atoms with E-state index in [4.69, 9.17) is 9.47 Å². The Hall–Kier alpha value is -2.71. The predicted molar refractivity (Wildman–Crippen MR) is 86.6 cm³/mol. The van der Waals surface area contributed by atoms with Crippen molar-refractivity contribution in [1.29, 1.82) is 0 Å². The number of aromatic amines is 1. The zero-order valence-corrected chi connectivity index (χ0v) is 14.6. The molecule has 2 aromatic heterocycles. The van der Waals surface area contributed by atoms with Gasteiger partial charge in [0, 0.05) is 0 Å². The molecule has 0 saturated carbocycles. The number of aromatic nitrogens is 4. The fourth-order valence-electron chi connectivity index (χ4n) is 1.78. The average molecular weight is 335 g/mol. The number of ether oxygens (including phenoxy) is 2. The highest BCUT2D eigenvalue weighted by atomic mass is 16.6. The zero-order valence-electron chi connectivity index (χ0n) is 14.6. The van der Waals surface area contributed by atoms with E-state index in [0.29, 0.717) is 5.65 Å². The quantitative estimate of drug-likeness (QED) is 0.852. The summed E-state index contributed by atoms with van der Waals surface area (Å²) in [7, 11) is 0. The number of fused-ring (bicyclic) bond motifs is 1. The van der Waals surface area contributed by atoms with Crippen molar-refractivity contribution in [3.05, 3.63) is 12.7 Å². The van der Waals surface area contributed by atoms with Gasteiger partial charge in [-0.05, 0) is 41.5 Å². The maximum atomic E-state index is 12.6. The molecule has 0 saturated heterocycles. The maximum absolute atomic E-state index is 12.6. The maximum Gasteiger partial charge on any atom is 0.425 e. The number of imidazole rings is 1. The average Bonchev–Trinajstić information content (AvgIpc) is 2.83. The third-order valence-electron chi connectivity index (χ3n) is 2.56. The lowest BCUT2D eigenvalue weighted by Gasteiger charge is -2.27. The third kappa shape index (κ3) is 4.18. The molecule has 24 heavy (non-hydrogen) atoms. The molecule has 0 unspecified atom stereocenters. The molecule has 130 valence electrons. The van der Waals surface area contributed by atoms with Crippen LogP contribution in [-0.2, 0) is 9.47 Å². The van der Waals surface area contributed by atoms with Crippen LogP contribution in [0.15, 0.2) is 12.7 Å². The Kier molecular flexibility index (Phi) is 4.46. The first-order valence-electron chi connectivity index (χ1n) is 7.38. The van der Waals surface area contributed by atoms with Crippen LogP contribution in [0.5, 0.6) is 0 Å². The summed E-state index contributed by atoms with van der Waals surface area (Å²) >= 11 is 0. The second kappa shape index (κ2) is 6.06. The molecule has 2 heterocycles. The van der Waals surface area contributed by atoms with Crippen molar-refractivity contribution >= 4 is 29.2 Å². The van der Waals surface area contributed by atoms with Crippen molar-refractivity contribution in [2.45, 2.75) is 52.7 Å². The van der Waals surface area contributed by atoms with Gasteiger partial charge in [0.2, 0.25) is 0 Å². The van der Waals surface area contributed by atoms with Crippen molar-refractivity contribution in [1.82, 2.24) is 19.9 Å². The van der Waals surface area contributed by atoms with Crippen LogP contribution in [0.3, 0.4) is 0 Å². The number of rotatable bonds is 1. The second-order valence-electron chi connectivity index (χ2n) is 7.09. The van der Waals surface area contributed by atoms with E-state index in [2.05, 4.69) is 19.9 Å². The summed E-state index contributed by atoms with van der Waals surface area (Å²) in [6.45, 7) is 10.2. The minimum Gasteiger partial charge on any atom is -0.443 e. The lowest BCUT2D eigenvalue weighted by atomic mass is 10.2. The molecule has 1 N–H and O–H groups in total. The van der Waals surface area contributed by atoms with E-state index >= 15 is 0 Å². The first-order chi connectivity index (χ1) is 11.0. The summed E-state index contributed by atoms with van der Waals surface area (Å²) in [6, 6.07) is 0. The summed E-state index contributed by atoms with van der Waals surface area (Å²) in [5.41, 5.74) is -0.948. The fourth-order valence-corrected chi connectivity index (χ4v) is 1.78. The van der Waals surface area contributed by atoms with E-state index in [1.54, 1.807) is 41.5 Å². The zero-order chi connectivity index (χ0) is 18.1. The number of carbonyl (C=O) groups is 2. The molecule has 0 atom stereocenters. The van der Waals surface area contributed by atoms with Crippen LogP contribution >= 0.6 is 0 Å². The molecule has 0 spiro atoms. The topological polar surface area (TPSA) is 110 Å². The first kappa shape index (κ1) is 17.6. The first-order valence-corrected chi connectivity index (χ1v) is 7.38. The van der Waals surface area contributed by atoms with Gasteiger partial charge in [0.25, 0.3) is 0 Å². The molecule has 2 aromatic rings. The van der Waals surface area contributed by atoms with Gasteiger partial charge in [-0.15, -0.1) is 0 Å². The van der Waals surface area contributed by atoms with Crippen LogP contribution in [0.25, 0.3) is 11.2 Å². The molecule has 0 aromatic carbocycles. The van der Waals surface area contributed by atoms with Crippen LogP contribution in [-0.4, -0.2) is 43.3 Å². The van der Waals surface area contributed by atoms with Crippen molar-refractivity contribution in [2.75, 3.05) is 4.90 Å². The molecule has 0 bridgehead atoms. The summed E-state index contributed by atoms with van der Waals surface area (Å²) in [5.74, 6) is -0.00949. The van der Waals surface area contributed by atoms with E-state index < -0.39 is 23.4 Å². The second-order valence-corrected chi connectivity index (χ2v) is 7.09. The van der Waals surface area contributed by atoms with E-state index in [9.17, 15) is 9.59 Å². The number of imide groups is 1. The van der Waals surface area contributed by atoms with Gasteiger partial charge < -0.3 is 14.5 Å². The number of hydrogen-bond acceptors (Lipinski definition) is 7. The van der Waals surface area contributed by atoms with Gasteiger partial charge in [-0.3, -0.25) is 0 Å². The van der Waals surface area contributed by atoms with Gasteiger partial charge in [-0.2, -0.15) is 4.90 Å². The molecule has 0 aliphatic rings. The molecule has 0 radical (unpaired) electrons. The standard InChI is InChI=1S/C15H21N5O4/c1-14(2,3)23-12(21)20(13(22)24-15(4,5)6)11-9-10(17-7-16-9)18-8-19-11/h7-8H,1-6H3,(H,16,17,18,19). The molecule has 0 fully saturated rings. The van der Waals surface area contributed by atoms with Gasteiger partial charge in [0.1, 0.15) is 17.5 Å². The Morgan fingerprint density at radius 3 is 2.00 bits per heavy atom. The molecule has 9 nitrogen and oxygen atoms in total. The van der Waals surface area contributed by atoms with E-state index in [-0.39, 0.29) is 11.3 Å². The van der Waals surface area contributed by atoms with E-state index in [0.717, 1.165) is 4.90 Å². The Balaban J connectivity index is 2.48. The van der Waals surface area contributed by atoms with Crippen molar-refractivity contribution < 1.29 is 19.1 Å². The van der Waals surface area contributed by atoms with Gasteiger partial charge in [-0.1, -0.05) is 0 Å². The molecule has 2 rings (SSSR count). The Labute approximate surface area is 139 Å². The van der Waals surface area contributed by atoms with Gasteiger partial charge >= 0.3 is 12.2 Å². The molecule has 2 amide bonds. The number of amides is 2. The highest BCUT2D eigenvalue weighted by Crippen LogP contribution is 2.24. The fraction of sp³-hybridized carbons (Fsp3) is 0.533. The lowest BCUT2D eigenvalue weighted by molar-refractivity contribution is 0.0429. The third-order valence-corrected chi connectivity index (χ3v) is 2.56. The van der Waals surface area contributed by atoms with Crippen LogP contribution in [0.4, 0.5) is 15.4 Å². The summed E-state index contributed by atoms with van der Waals surface area (Å²) in [5, 5.41) is 0. The number of nitrogens with one attached hydrogen (secondary N) is 1. The van der Waals surface area contributed by atoms with Crippen LogP contribution < -0.4 is 4.90 Å². The normalized spacial score (nSPS) is 12.1. The van der Waals surface area contributed by atoms with Crippen LogP contribution in [0, 0.1) is 0 Å². The summed E-state index contributed by atoms with van der Waals surface area (Å²) in [6.07, 6.45) is 0.808. The molecule has 0 aliphatic carbocycles. The summed E-state index contributed by atoms with van der Waals surface area (Å²) in [4.78, 5) is 40.7. The van der Waals surface area contributed by atoms with Crippen molar-refractivity contribution in [3.8, 4) is 0 Å². The Bertz CT molecular complexity index is 729. The van der Waals surface area contributed by atoms with E-state index in [1.165, 1.54) is 12.7 Å².